The Morgan fingerprint density at radius 1 is 1.20 bits per heavy atom. The molecule has 2 N–H and O–H groups in total. The lowest BCUT2D eigenvalue weighted by molar-refractivity contribution is -0.138. The van der Waals surface area contributed by atoms with Crippen molar-refractivity contribution >= 4 is 29.6 Å². The number of hydrogen-bond donors (Lipinski definition) is 2. The smallest absolute Gasteiger partial charge is 0.318 e. The van der Waals surface area contributed by atoms with Crippen molar-refractivity contribution in [3.05, 3.63) is 60.3 Å². The van der Waals surface area contributed by atoms with Crippen LogP contribution in [0.25, 0.3) is 0 Å². The third-order valence-corrected chi connectivity index (χ3v) is 4.71. The van der Waals surface area contributed by atoms with Crippen LogP contribution in [0.2, 0.25) is 0 Å². The van der Waals surface area contributed by atoms with E-state index in [1.807, 2.05) is 12.1 Å². The summed E-state index contributed by atoms with van der Waals surface area (Å²) in [6.45, 7) is 1.61. The zero-order chi connectivity index (χ0) is 17.9. The minimum atomic E-state index is -1.21. The molecule has 0 aliphatic carbocycles. The van der Waals surface area contributed by atoms with Crippen molar-refractivity contribution < 1.29 is 14.4 Å². The Kier molecular flexibility index (Phi) is 4.71. The van der Waals surface area contributed by atoms with Gasteiger partial charge in [-0.1, -0.05) is 48.2 Å². The van der Waals surface area contributed by atoms with Crippen LogP contribution in [-0.2, 0) is 15.1 Å². The van der Waals surface area contributed by atoms with Gasteiger partial charge in [0.05, 0.1) is 10.8 Å². The van der Waals surface area contributed by atoms with Gasteiger partial charge in [-0.25, -0.2) is 9.78 Å². The van der Waals surface area contributed by atoms with Crippen LogP contribution in [0.5, 0.6) is 0 Å². The standard InChI is InChI=1S/C17H16N4O3S/c1-17(12-7-3-2-4-8-12)15(23)21(16(24)19-17)20-13(22)11-25-14-9-5-6-10-18-14/h2-10H,11H2,1H3,(H,19,24)(H,20,22)/t17-/m0/s1. The topological polar surface area (TPSA) is 91.4 Å². The van der Waals surface area contributed by atoms with E-state index in [-0.39, 0.29) is 5.75 Å². The molecule has 2 heterocycles. The maximum Gasteiger partial charge on any atom is 0.344 e. The maximum absolute atomic E-state index is 12.7. The molecule has 1 aromatic carbocycles. The highest BCUT2D eigenvalue weighted by Crippen LogP contribution is 2.27. The van der Waals surface area contributed by atoms with Gasteiger partial charge in [-0.15, -0.1) is 0 Å². The molecule has 128 valence electrons. The van der Waals surface area contributed by atoms with E-state index < -0.39 is 23.4 Å². The highest BCUT2D eigenvalue weighted by molar-refractivity contribution is 7.99. The molecule has 1 aliphatic heterocycles. The molecule has 1 aromatic heterocycles. The van der Waals surface area contributed by atoms with E-state index in [1.165, 1.54) is 11.8 Å². The van der Waals surface area contributed by atoms with Crippen molar-refractivity contribution in [2.45, 2.75) is 17.5 Å². The lowest BCUT2D eigenvalue weighted by Gasteiger charge is -2.22. The number of imide groups is 1. The summed E-state index contributed by atoms with van der Waals surface area (Å²) in [4.78, 5) is 41.0. The fourth-order valence-electron chi connectivity index (χ4n) is 2.44. The van der Waals surface area contributed by atoms with Gasteiger partial charge < -0.3 is 5.32 Å². The second-order valence-electron chi connectivity index (χ2n) is 5.55. The Bertz CT molecular complexity index is 800. The second-order valence-corrected chi connectivity index (χ2v) is 6.55. The molecule has 0 spiro atoms. The third-order valence-electron chi connectivity index (χ3n) is 3.77. The van der Waals surface area contributed by atoms with Gasteiger partial charge in [0, 0.05) is 6.20 Å². The first-order valence-corrected chi connectivity index (χ1v) is 8.55. The summed E-state index contributed by atoms with van der Waals surface area (Å²) in [6.07, 6.45) is 1.63. The molecule has 2 aromatic rings. The zero-order valence-electron chi connectivity index (χ0n) is 13.4. The van der Waals surface area contributed by atoms with Crippen molar-refractivity contribution in [2.75, 3.05) is 5.75 Å². The average molecular weight is 356 g/mol. The number of aromatic nitrogens is 1. The SMILES string of the molecule is C[C@@]1(c2ccccc2)NC(=O)N(NC(=O)CSc2ccccn2)C1=O. The molecule has 0 unspecified atom stereocenters. The van der Waals surface area contributed by atoms with Crippen molar-refractivity contribution in [3.63, 3.8) is 0 Å². The number of nitrogens with zero attached hydrogens (tertiary/aromatic N) is 2. The fraction of sp³-hybridized carbons (Fsp3) is 0.176. The number of amides is 4. The highest BCUT2D eigenvalue weighted by atomic mass is 32.2. The zero-order valence-corrected chi connectivity index (χ0v) is 14.2. The molecule has 1 aliphatic rings. The first kappa shape index (κ1) is 17.0. The van der Waals surface area contributed by atoms with E-state index in [0.717, 1.165) is 5.01 Å². The lowest BCUT2D eigenvalue weighted by Crippen LogP contribution is -2.48. The molecule has 25 heavy (non-hydrogen) atoms. The van der Waals surface area contributed by atoms with Crippen LogP contribution >= 0.6 is 11.8 Å². The number of nitrogens with one attached hydrogen (secondary N) is 2. The quantitative estimate of drug-likeness (QED) is 0.628. The predicted molar refractivity (Wildman–Crippen MR) is 92.3 cm³/mol. The van der Waals surface area contributed by atoms with Crippen LogP contribution in [0.1, 0.15) is 12.5 Å². The second kappa shape index (κ2) is 6.94. The van der Waals surface area contributed by atoms with Gasteiger partial charge >= 0.3 is 6.03 Å². The summed E-state index contributed by atoms with van der Waals surface area (Å²) in [5.41, 5.74) is 1.80. The molecule has 3 rings (SSSR count). The molecule has 8 heteroatoms. The van der Waals surface area contributed by atoms with Crippen LogP contribution in [0, 0.1) is 0 Å². The number of urea groups is 1. The van der Waals surface area contributed by atoms with Crippen LogP contribution in [0.4, 0.5) is 4.79 Å². The molecule has 0 radical (unpaired) electrons. The molecule has 0 saturated carbocycles. The van der Waals surface area contributed by atoms with E-state index in [4.69, 9.17) is 0 Å². The molecule has 4 amide bonds. The molecule has 1 atom stereocenters. The molecule has 0 bridgehead atoms. The van der Waals surface area contributed by atoms with Gasteiger partial charge in [0.1, 0.15) is 5.54 Å². The molecule has 7 nitrogen and oxygen atoms in total. The van der Waals surface area contributed by atoms with Gasteiger partial charge in [0.15, 0.2) is 0 Å². The van der Waals surface area contributed by atoms with E-state index in [2.05, 4.69) is 15.7 Å². The summed E-state index contributed by atoms with van der Waals surface area (Å²) >= 11 is 1.22. The Labute approximate surface area is 148 Å². The van der Waals surface area contributed by atoms with Crippen molar-refractivity contribution in [1.82, 2.24) is 20.7 Å². The van der Waals surface area contributed by atoms with Gasteiger partial charge in [-0.2, -0.15) is 5.01 Å². The van der Waals surface area contributed by atoms with Gasteiger partial charge in [0.2, 0.25) is 5.91 Å². The minimum absolute atomic E-state index is 0.0378. The normalized spacial score (nSPS) is 19.6. The molecular formula is C17H16N4O3S. The first-order chi connectivity index (χ1) is 12.0. The van der Waals surface area contributed by atoms with Crippen LogP contribution in [-0.4, -0.2) is 33.6 Å². The fourth-order valence-corrected chi connectivity index (χ4v) is 3.09. The van der Waals surface area contributed by atoms with Crippen LogP contribution < -0.4 is 10.7 Å². The average Bonchev–Trinajstić information content (AvgIpc) is 2.86. The largest absolute Gasteiger partial charge is 0.344 e. The van der Waals surface area contributed by atoms with Crippen molar-refractivity contribution in [2.24, 2.45) is 0 Å². The predicted octanol–water partition coefficient (Wildman–Crippen LogP) is 1.67. The Hall–Kier alpha value is -2.87. The van der Waals surface area contributed by atoms with E-state index in [0.29, 0.717) is 10.6 Å². The van der Waals surface area contributed by atoms with Gasteiger partial charge in [-0.05, 0) is 24.6 Å². The van der Waals surface area contributed by atoms with Crippen molar-refractivity contribution in [3.8, 4) is 0 Å². The molecular weight excluding hydrogens is 340 g/mol. The number of benzene rings is 1. The maximum atomic E-state index is 12.7. The summed E-state index contributed by atoms with van der Waals surface area (Å²) in [5, 5.41) is 4.04. The van der Waals surface area contributed by atoms with Gasteiger partial charge in [0.25, 0.3) is 5.91 Å². The highest BCUT2D eigenvalue weighted by Gasteiger charge is 2.49. The molecule has 1 saturated heterocycles. The number of thioether (sulfide) groups is 1. The minimum Gasteiger partial charge on any atom is -0.318 e. The van der Waals surface area contributed by atoms with Crippen molar-refractivity contribution in [1.29, 1.82) is 0 Å². The van der Waals surface area contributed by atoms with E-state index in [9.17, 15) is 14.4 Å². The monoisotopic (exact) mass is 356 g/mol. The Morgan fingerprint density at radius 2 is 1.92 bits per heavy atom. The number of pyridine rings is 1. The van der Waals surface area contributed by atoms with Crippen LogP contribution in [0.15, 0.2) is 59.8 Å². The summed E-state index contributed by atoms with van der Waals surface area (Å²) < 4.78 is 0. The van der Waals surface area contributed by atoms with Gasteiger partial charge in [-0.3, -0.25) is 15.0 Å². The number of carbonyl (C=O) groups is 3. The Morgan fingerprint density at radius 3 is 2.60 bits per heavy atom. The third kappa shape index (κ3) is 3.48. The number of rotatable bonds is 5. The summed E-state index contributed by atoms with van der Waals surface area (Å²) in [5.74, 6) is -0.952. The van der Waals surface area contributed by atoms with E-state index >= 15 is 0 Å². The first-order valence-electron chi connectivity index (χ1n) is 7.56. The Balaban J connectivity index is 1.66. The summed E-state index contributed by atoms with van der Waals surface area (Å²) in [7, 11) is 0. The lowest BCUT2D eigenvalue weighted by atomic mass is 9.92. The summed E-state index contributed by atoms with van der Waals surface area (Å²) in [6, 6.07) is 13.6. The molecule has 1 fully saturated rings. The van der Waals surface area contributed by atoms with E-state index in [1.54, 1.807) is 49.5 Å². The number of hydrazine groups is 1. The number of carbonyl (C=O) groups excluding carboxylic acids is 3. The van der Waals surface area contributed by atoms with Crippen LogP contribution in [0.3, 0.4) is 0 Å². The number of hydrogen-bond acceptors (Lipinski definition) is 5.